The summed E-state index contributed by atoms with van der Waals surface area (Å²) in [5, 5.41) is 0. The van der Waals surface area contributed by atoms with Crippen LogP contribution < -0.4 is 4.74 Å². The Labute approximate surface area is 176 Å². The molecule has 0 radical (unpaired) electrons. The molecular formula is C26H24N2O2. The van der Waals surface area contributed by atoms with Gasteiger partial charge >= 0.3 is 0 Å². The predicted molar refractivity (Wildman–Crippen MR) is 117 cm³/mol. The monoisotopic (exact) mass is 396 g/mol. The minimum absolute atomic E-state index is 0.560. The summed E-state index contributed by atoms with van der Waals surface area (Å²) in [6.45, 7) is 3.31. The highest BCUT2D eigenvalue weighted by molar-refractivity contribution is 5.55. The van der Waals surface area contributed by atoms with Gasteiger partial charge in [-0.25, -0.2) is 4.98 Å². The smallest absolute Gasteiger partial charge is 0.226 e. The van der Waals surface area contributed by atoms with Gasteiger partial charge in [-0.1, -0.05) is 60.7 Å². The van der Waals surface area contributed by atoms with Gasteiger partial charge in [0.2, 0.25) is 5.89 Å². The first-order chi connectivity index (χ1) is 14.8. The van der Waals surface area contributed by atoms with Crippen molar-refractivity contribution < 1.29 is 9.15 Å². The molecule has 30 heavy (non-hydrogen) atoms. The number of hydrogen-bond acceptors (Lipinski definition) is 4. The van der Waals surface area contributed by atoms with Crippen molar-refractivity contribution in [1.82, 2.24) is 9.88 Å². The summed E-state index contributed by atoms with van der Waals surface area (Å²) in [5.41, 5.74) is 4.51. The molecule has 3 aromatic carbocycles. The van der Waals surface area contributed by atoms with Gasteiger partial charge in [-0.3, -0.25) is 4.90 Å². The summed E-state index contributed by atoms with van der Waals surface area (Å²) < 4.78 is 12.0. The highest BCUT2D eigenvalue weighted by Crippen LogP contribution is 2.28. The number of aromatic nitrogens is 1. The van der Waals surface area contributed by atoms with Gasteiger partial charge in [0.15, 0.2) is 0 Å². The minimum atomic E-state index is 0.560. The minimum Gasteiger partial charge on any atom is -0.489 e. The van der Waals surface area contributed by atoms with Crippen LogP contribution in [0.5, 0.6) is 5.75 Å². The Morgan fingerprint density at radius 2 is 1.53 bits per heavy atom. The molecule has 0 N–H and O–H groups in total. The lowest BCUT2D eigenvalue weighted by atomic mass is 10.1. The molecule has 0 atom stereocenters. The van der Waals surface area contributed by atoms with Crippen LogP contribution in [-0.4, -0.2) is 16.4 Å². The van der Waals surface area contributed by atoms with Crippen LogP contribution in [0.1, 0.15) is 22.6 Å². The molecule has 2 heterocycles. The van der Waals surface area contributed by atoms with Crippen LogP contribution in [0.3, 0.4) is 0 Å². The SMILES string of the molecule is c1ccc(COc2ccc(-c3nc4c(o3)CCN(Cc3ccccc3)C4)cc2)cc1. The topological polar surface area (TPSA) is 38.5 Å². The Bertz CT molecular complexity index is 1090. The summed E-state index contributed by atoms with van der Waals surface area (Å²) in [6, 6.07) is 28.7. The molecule has 150 valence electrons. The van der Waals surface area contributed by atoms with Crippen molar-refractivity contribution >= 4 is 0 Å². The molecule has 4 nitrogen and oxygen atoms in total. The van der Waals surface area contributed by atoms with E-state index in [0.29, 0.717) is 12.5 Å². The Morgan fingerprint density at radius 1 is 0.833 bits per heavy atom. The van der Waals surface area contributed by atoms with E-state index < -0.39 is 0 Å². The van der Waals surface area contributed by atoms with Crippen molar-refractivity contribution in [3.63, 3.8) is 0 Å². The number of oxazole rings is 1. The zero-order valence-corrected chi connectivity index (χ0v) is 16.8. The van der Waals surface area contributed by atoms with Gasteiger partial charge in [0.1, 0.15) is 18.1 Å². The number of nitrogens with zero attached hydrogens (tertiary/aromatic N) is 2. The summed E-state index contributed by atoms with van der Waals surface area (Å²) >= 11 is 0. The third kappa shape index (κ3) is 4.29. The maximum atomic E-state index is 6.08. The predicted octanol–water partition coefficient (Wildman–Crippen LogP) is 5.48. The van der Waals surface area contributed by atoms with Crippen molar-refractivity contribution in [1.29, 1.82) is 0 Å². The van der Waals surface area contributed by atoms with E-state index in [1.54, 1.807) is 0 Å². The second kappa shape index (κ2) is 8.56. The standard InChI is InChI=1S/C26H24N2O2/c1-3-7-20(8-4-1)17-28-16-15-25-24(18-28)27-26(30-25)22-11-13-23(14-12-22)29-19-21-9-5-2-6-10-21/h1-14H,15-19H2. The summed E-state index contributed by atoms with van der Waals surface area (Å²) in [7, 11) is 0. The third-order valence-corrected chi connectivity index (χ3v) is 5.41. The van der Waals surface area contributed by atoms with Crippen LogP contribution >= 0.6 is 0 Å². The number of fused-ring (bicyclic) bond motifs is 1. The third-order valence-electron chi connectivity index (χ3n) is 5.41. The van der Waals surface area contributed by atoms with Crippen molar-refractivity contribution in [2.75, 3.05) is 6.54 Å². The van der Waals surface area contributed by atoms with E-state index in [-0.39, 0.29) is 0 Å². The molecule has 1 aromatic heterocycles. The highest BCUT2D eigenvalue weighted by Gasteiger charge is 2.22. The quantitative estimate of drug-likeness (QED) is 0.433. The van der Waals surface area contributed by atoms with Crippen molar-refractivity contribution in [2.45, 2.75) is 26.1 Å². The van der Waals surface area contributed by atoms with Crippen LogP contribution in [0.2, 0.25) is 0 Å². The summed E-state index contributed by atoms with van der Waals surface area (Å²) in [6.07, 6.45) is 0.896. The van der Waals surface area contributed by atoms with Gasteiger partial charge < -0.3 is 9.15 Å². The Morgan fingerprint density at radius 3 is 2.27 bits per heavy atom. The molecule has 0 fully saturated rings. The average molecular weight is 396 g/mol. The van der Waals surface area contributed by atoms with Crippen molar-refractivity contribution in [3.05, 3.63) is 108 Å². The first-order valence-corrected chi connectivity index (χ1v) is 10.4. The Hall–Kier alpha value is -3.37. The summed E-state index contributed by atoms with van der Waals surface area (Å²) in [5.74, 6) is 2.54. The van der Waals surface area contributed by atoms with E-state index in [4.69, 9.17) is 14.1 Å². The van der Waals surface area contributed by atoms with E-state index in [1.807, 2.05) is 42.5 Å². The molecule has 0 saturated heterocycles. The Kier molecular flexibility index (Phi) is 5.32. The van der Waals surface area contributed by atoms with Crippen LogP contribution in [0, 0.1) is 0 Å². The fourth-order valence-corrected chi connectivity index (χ4v) is 3.79. The summed E-state index contributed by atoms with van der Waals surface area (Å²) in [4.78, 5) is 7.21. The maximum absolute atomic E-state index is 6.08. The molecule has 0 unspecified atom stereocenters. The van der Waals surface area contributed by atoms with Crippen LogP contribution in [-0.2, 0) is 26.1 Å². The van der Waals surface area contributed by atoms with Gasteiger partial charge in [0.25, 0.3) is 0 Å². The lowest BCUT2D eigenvalue weighted by Gasteiger charge is -2.24. The zero-order valence-electron chi connectivity index (χ0n) is 16.8. The lowest BCUT2D eigenvalue weighted by Crippen LogP contribution is -2.29. The normalized spacial score (nSPS) is 13.7. The molecule has 4 heteroatoms. The maximum Gasteiger partial charge on any atom is 0.226 e. The first-order valence-electron chi connectivity index (χ1n) is 10.4. The van der Waals surface area contributed by atoms with Crippen LogP contribution in [0.15, 0.2) is 89.3 Å². The van der Waals surface area contributed by atoms with Gasteiger partial charge in [-0.15, -0.1) is 0 Å². The molecule has 0 bridgehead atoms. The lowest BCUT2D eigenvalue weighted by molar-refractivity contribution is 0.232. The van der Waals surface area contributed by atoms with Crippen molar-refractivity contribution in [3.8, 4) is 17.2 Å². The molecule has 0 saturated carbocycles. The van der Waals surface area contributed by atoms with Crippen LogP contribution in [0.25, 0.3) is 11.5 Å². The second-order valence-corrected chi connectivity index (χ2v) is 7.63. The van der Waals surface area contributed by atoms with Gasteiger partial charge in [0.05, 0.1) is 5.69 Å². The number of ether oxygens (including phenoxy) is 1. The Balaban J connectivity index is 1.24. The fraction of sp³-hybridized carbons (Fsp3) is 0.192. The van der Waals surface area contributed by atoms with E-state index in [0.717, 1.165) is 54.4 Å². The molecule has 0 amide bonds. The largest absolute Gasteiger partial charge is 0.489 e. The van der Waals surface area contributed by atoms with Gasteiger partial charge in [0, 0.05) is 31.6 Å². The first kappa shape index (κ1) is 18.6. The zero-order chi connectivity index (χ0) is 20.2. The molecule has 0 aliphatic carbocycles. The van der Waals surface area contributed by atoms with E-state index >= 15 is 0 Å². The van der Waals surface area contributed by atoms with Gasteiger partial charge in [-0.05, 0) is 35.4 Å². The molecule has 0 spiro atoms. The number of benzene rings is 3. The number of hydrogen-bond donors (Lipinski definition) is 0. The molecule has 4 aromatic rings. The molecule has 5 rings (SSSR count). The van der Waals surface area contributed by atoms with E-state index in [2.05, 4.69) is 47.4 Å². The highest BCUT2D eigenvalue weighted by atomic mass is 16.5. The van der Waals surface area contributed by atoms with Crippen LogP contribution in [0.4, 0.5) is 0 Å². The van der Waals surface area contributed by atoms with Gasteiger partial charge in [-0.2, -0.15) is 0 Å². The fourth-order valence-electron chi connectivity index (χ4n) is 3.79. The van der Waals surface area contributed by atoms with Crippen molar-refractivity contribution in [2.24, 2.45) is 0 Å². The average Bonchev–Trinajstić information content (AvgIpc) is 3.23. The van der Waals surface area contributed by atoms with E-state index in [1.165, 1.54) is 5.56 Å². The second-order valence-electron chi connectivity index (χ2n) is 7.63. The molecule has 1 aliphatic rings. The number of rotatable bonds is 6. The molecule has 1 aliphatic heterocycles. The molecular weight excluding hydrogens is 372 g/mol. The van der Waals surface area contributed by atoms with E-state index in [9.17, 15) is 0 Å².